The summed E-state index contributed by atoms with van der Waals surface area (Å²) in [6.07, 6.45) is 1.83. The molecule has 0 saturated carbocycles. The first kappa shape index (κ1) is 13.6. The molecule has 0 aliphatic heterocycles. The Labute approximate surface area is 125 Å². The molecule has 0 bridgehead atoms. The molecular weight excluding hydrogens is 258 g/mol. The Kier molecular flexibility index (Phi) is 3.82. The molecule has 3 aromatic rings. The summed E-state index contributed by atoms with van der Waals surface area (Å²) in [5.41, 5.74) is 5.28. The predicted octanol–water partition coefficient (Wildman–Crippen LogP) is 4.37. The number of nitrogens with one attached hydrogen (secondary N) is 1. The van der Waals surface area contributed by atoms with E-state index in [-0.39, 0.29) is 0 Å². The second kappa shape index (κ2) is 5.92. The van der Waals surface area contributed by atoms with Crippen LogP contribution in [0.5, 0.6) is 0 Å². The SMILES string of the molecule is CC(C)c1cccc(NCc2cnc3ccccc3n2)c1. The van der Waals surface area contributed by atoms with Crippen molar-refractivity contribution in [2.24, 2.45) is 0 Å². The van der Waals surface area contributed by atoms with Crippen LogP contribution in [-0.4, -0.2) is 9.97 Å². The molecule has 3 nitrogen and oxygen atoms in total. The number of rotatable bonds is 4. The summed E-state index contributed by atoms with van der Waals surface area (Å²) in [5, 5.41) is 3.42. The Bertz CT molecular complexity index is 750. The van der Waals surface area contributed by atoms with Gasteiger partial charge in [0.05, 0.1) is 29.5 Å². The van der Waals surface area contributed by atoms with Gasteiger partial charge in [0, 0.05) is 5.69 Å². The number of anilines is 1. The summed E-state index contributed by atoms with van der Waals surface area (Å²) in [6.45, 7) is 5.08. The molecule has 0 spiro atoms. The van der Waals surface area contributed by atoms with Crippen molar-refractivity contribution in [2.45, 2.75) is 26.3 Å². The minimum atomic E-state index is 0.534. The number of benzene rings is 2. The zero-order valence-electron chi connectivity index (χ0n) is 12.4. The van der Waals surface area contributed by atoms with Gasteiger partial charge in [-0.05, 0) is 35.7 Å². The molecule has 1 N–H and O–H groups in total. The third kappa shape index (κ3) is 3.19. The average molecular weight is 277 g/mol. The smallest absolute Gasteiger partial charge is 0.0890 e. The highest BCUT2D eigenvalue weighted by molar-refractivity contribution is 5.73. The summed E-state index contributed by atoms with van der Waals surface area (Å²) in [6, 6.07) is 16.5. The third-order valence-electron chi connectivity index (χ3n) is 3.53. The van der Waals surface area contributed by atoms with Crippen LogP contribution in [0.2, 0.25) is 0 Å². The van der Waals surface area contributed by atoms with E-state index in [0.717, 1.165) is 22.4 Å². The molecule has 0 amide bonds. The van der Waals surface area contributed by atoms with Crippen LogP contribution in [0.4, 0.5) is 5.69 Å². The topological polar surface area (TPSA) is 37.8 Å². The second-order valence-electron chi connectivity index (χ2n) is 5.48. The molecule has 0 atom stereocenters. The van der Waals surface area contributed by atoms with Crippen molar-refractivity contribution in [3.63, 3.8) is 0 Å². The van der Waals surface area contributed by atoms with Gasteiger partial charge in [0.1, 0.15) is 0 Å². The van der Waals surface area contributed by atoms with E-state index in [1.54, 1.807) is 0 Å². The summed E-state index contributed by atoms with van der Waals surface area (Å²) in [5.74, 6) is 0.534. The summed E-state index contributed by atoms with van der Waals surface area (Å²) in [7, 11) is 0. The van der Waals surface area contributed by atoms with Crippen LogP contribution in [0.3, 0.4) is 0 Å². The lowest BCUT2D eigenvalue weighted by atomic mass is 10.0. The van der Waals surface area contributed by atoms with Gasteiger partial charge < -0.3 is 5.32 Å². The maximum atomic E-state index is 4.62. The number of hydrogen-bond acceptors (Lipinski definition) is 3. The normalized spacial score (nSPS) is 11.0. The van der Waals surface area contributed by atoms with Crippen molar-refractivity contribution < 1.29 is 0 Å². The molecule has 0 unspecified atom stereocenters. The Balaban J connectivity index is 1.75. The first-order valence-electron chi connectivity index (χ1n) is 7.27. The van der Waals surface area contributed by atoms with E-state index in [4.69, 9.17) is 0 Å². The van der Waals surface area contributed by atoms with E-state index < -0.39 is 0 Å². The Morgan fingerprint density at radius 3 is 2.62 bits per heavy atom. The van der Waals surface area contributed by atoms with Crippen molar-refractivity contribution in [1.82, 2.24) is 9.97 Å². The summed E-state index contributed by atoms with van der Waals surface area (Å²) < 4.78 is 0. The highest BCUT2D eigenvalue weighted by atomic mass is 14.9. The molecular formula is C18H19N3. The fourth-order valence-corrected chi connectivity index (χ4v) is 2.28. The minimum Gasteiger partial charge on any atom is -0.379 e. The Morgan fingerprint density at radius 1 is 1.00 bits per heavy atom. The summed E-state index contributed by atoms with van der Waals surface area (Å²) >= 11 is 0. The number of para-hydroxylation sites is 2. The summed E-state index contributed by atoms with van der Waals surface area (Å²) in [4.78, 5) is 9.06. The molecule has 2 aromatic carbocycles. The fourth-order valence-electron chi connectivity index (χ4n) is 2.28. The molecule has 0 saturated heterocycles. The molecule has 0 aliphatic rings. The van der Waals surface area contributed by atoms with Gasteiger partial charge in [0.25, 0.3) is 0 Å². The molecule has 3 rings (SSSR count). The predicted molar refractivity (Wildman–Crippen MR) is 87.4 cm³/mol. The molecule has 1 heterocycles. The molecule has 0 aliphatic carbocycles. The maximum absolute atomic E-state index is 4.62. The van der Waals surface area contributed by atoms with Crippen LogP contribution in [0.15, 0.2) is 54.7 Å². The zero-order valence-corrected chi connectivity index (χ0v) is 12.4. The van der Waals surface area contributed by atoms with Crippen molar-refractivity contribution in [1.29, 1.82) is 0 Å². The largest absolute Gasteiger partial charge is 0.379 e. The standard InChI is InChI=1S/C18H19N3/c1-13(2)14-6-5-7-15(10-14)19-11-16-12-20-17-8-3-4-9-18(17)21-16/h3-10,12-13,19H,11H2,1-2H3. The quantitative estimate of drug-likeness (QED) is 0.769. The van der Waals surface area contributed by atoms with Crippen LogP contribution >= 0.6 is 0 Å². The monoisotopic (exact) mass is 277 g/mol. The van der Waals surface area contributed by atoms with Crippen LogP contribution in [0, 0.1) is 0 Å². The van der Waals surface area contributed by atoms with Crippen LogP contribution in [0.1, 0.15) is 31.0 Å². The highest BCUT2D eigenvalue weighted by Crippen LogP contribution is 2.19. The first-order chi connectivity index (χ1) is 10.2. The number of hydrogen-bond donors (Lipinski definition) is 1. The van der Waals surface area contributed by atoms with Crippen molar-refractivity contribution in [2.75, 3.05) is 5.32 Å². The van der Waals surface area contributed by atoms with Gasteiger partial charge >= 0.3 is 0 Å². The lowest BCUT2D eigenvalue weighted by molar-refractivity contribution is 0.866. The van der Waals surface area contributed by atoms with E-state index in [1.807, 2.05) is 30.5 Å². The van der Waals surface area contributed by atoms with E-state index in [0.29, 0.717) is 12.5 Å². The molecule has 21 heavy (non-hydrogen) atoms. The van der Waals surface area contributed by atoms with E-state index in [2.05, 4.69) is 53.4 Å². The maximum Gasteiger partial charge on any atom is 0.0890 e. The van der Waals surface area contributed by atoms with Crippen LogP contribution in [-0.2, 0) is 6.54 Å². The number of aromatic nitrogens is 2. The second-order valence-corrected chi connectivity index (χ2v) is 5.48. The molecule has 106 valence electrons. The Hall–Kier alpha value is -2.42. The van der Waals surface area contributed by atoms with Gasteiger partial charge in [-0.3, -0.25) is 4.98 Å². The van der Waals surface area contributed by atoms with E-state index in [9.17, 15) is 0 Å². The van der Waals surface area contributed by atoms with Crippen LogP contribution < -0.4 is 5.32 Å². The van der Waals surface area contributed by atoms with Gasteiger partial charge in [0.2, 0.25) is 0 Å². The molecule has 0 fully saturated rings. The first-order valence-corrected chi connectivity index (χ1v) is 7.27. The van der Waals surface area contributed by atoms with Gasteiger partial charge in [-0.2, -0.15) is 0 Å². The number of nitrogens with zero attached hydrogens (tertiary/aromatic N) is 2. The third-order valence-corrected chi connectivity index (χ3v) is 3.53. The van der Waals surface area contributed by atoms with E-state index >= 15 is 0 Å². The van der Waals surface area contributed by atoms with Gasteiger partial charge in [-0.25, -0.2) is 4.98 Å². The van der Waals surface area contributed by atoms with Crippen molar-refractivity contribution in [3.05, 3.63) is 66.0 Å². The van der Waals surface area contributed by atoms with Gasteiger partial charge in [-0.15, -0.1) is 0 Å². The van der Waals surface area contributed by atoms with Crippen LogP contribution in [0.25, 0.3) is 11.0 Å². The lowest BCUT2D eigenvalue weighted by Gasteiger charge is -2.10. The van der Waals surface area contributed by atoms with Gasteiger partial charge in [-0.1, -0.05) is 38.1 Å². The zero-order chi connectivity index (χ0) is 14.7. The molecule has 3 heteroatoms. The number of fused-ring (bicyclic) bond motifs is 1. The highest BCUT2D eigenvalue weighted by Gasteiger charge is 2.02. The average Bonchev–Trinajstić information content (AvgIpc) is 2.53. The Morgan fingerprint density at radius 2 is 1.81 bits per heavy atom. The minimum absolute atomic E-state index is 0.534. The van der Waals surface area contributed by atoms with Crippen molar-refractivity contribution in [3.8, 4) is 0 Å². The fraction of sp³-hybridized carbons (Fsp3) is 0.222. The van der Waals surface area contributed by atoms with Crippen molar-refractivity contribution >= 4 is 16.7 Å². The van der Waals surface area contributed by atoms with E-state index in [1.165, 1.54) is 5.56 Å². The molecule has 1 aromatic heterocycles. The van der Waals surface area contributed by atoms with Gasteiger partial charge in [0.15, 0.2) is 0 Å². The lowest BCUT2D eigenvalue weighted by Crippen LogP contribution is -2.03. The molecule has 0 radical (unpaired) electrons.